The molecule has 33 heavy (non-hydrogen) atoms. The van der Waals surface area contributed by atoms with Crippen LogP contribution in [0.25, 0.3) is 21.2 Å². The maximum atomic E-state index is 14.2. The second-order valence-electron chi connectivity index (χ2n) is 7.91. The number of hydrogen-bond acceptors (Lipinski definition) is 5. The smallest absolute Gasteiger partial charge is 0.297 e. The van der Waals surface area contributed by atoms with Gasteiger partial charge < -0.3 is 4.42 Å². The van der Waals surface area contributed by atoms with Gasteiger partial charge in [0, 0.05) is 0 Å². The first kappa shape index (κ1) is 19.8. The summed E-state index contributed by atoms with van der Waals surface area (Å²) in [7, 11) is 0. The van der Waals surface area contributed by atoms with Crippen molar-refractivity contribution >= 4 is 43.6 Å². The van der Waals surface area contributed by atoms with Crippen molar-refractivity contribution in [3.63, 3.8) is 0 Å². The quantitative estimate of drug-likeness (QED) is 0.337. The molecule has 8 heteroatoms. The van der Waals surface area contributed by atoms with E-state index in [4.69, 9.17) is 4.42 Å². The molecular weight excluding hydrogens is 446 g/mol. The number of benzene rings is 3. The van der Waals surface area contributed by atoms with Crippen molar-refractivity contribution in [2.24, 2.45) is 0 Å². The summed E-state index contributed by atoms with van der Waals surface area (Å²) >= 11 is 1.11. The molecule has 0 spiro atoms. The summed E-state index contributed by atoms with van der Waals surface area (Å²) in [5.74, 6) is -1.58. The Kier molecular flexibility index (Phi) is 4.22. The standard InChI is InChI=1S/C25H14F2N2O3S/c1-12-5-8-18-16(9-12)22(30)20-21(13-3-2-4-14(26)10-13)29(24(31)23(20)32-18)25-28-17-7-6-15(27)11-19(17)33-25/h2-11,21H,1H3. The summed E-state index contributed by atoms with van der Waals surface area (Å²) in [4.78, 5) is 33.0. The van der Waals surface area contributed by atoms with E-state index in [1.165, 1.54) is 41.3 Å². The van der Waals surface area contributed by atoms with Gasteiger partial charge in [0.1, 0.15) is 17.2 Å². The Morgan fingerprint density at radius 2 is 1.82 bits per heavy atom. The van der Waals surface area contributed by atoms with Gasteiger partial charge in [0.05, 0.1) is 27.2 Å². The Morgan fingerprint density at radius 3 is 2.64 bits per heavy atom. The third-order valence-electron chi connectivity index (χ3n) is 5.74. The van der Waals surface area contributed by atoms with Crippen LogP contribution in [-0.2, 0) is 0 Å². The number of thiazole rings is 1. The van der Waals surface area contributed by atoms with Crippen LogP contribution in [0.1, 0.15) is 33.3 Å². The molecule has 5 aromatic rings. The van der Waals surface area contributed by atoms with Gasteiger partial charge >= 0.3 is 0 Å². The number of hydrogen-bond donors (Lipinski definition) is 0. The number of anilines is 1. The number of aryl methyl sites for hydroxylation is 1. The predicted molar refractivity (Wildman–Crippen MR) is 122 cm³/mol. The summed E-state index contributed by atoms with van der Waals surface area (Å²) in [5.41, 5.74) is 1.86. The molecule has 1 amide bonds. The number of halogens is 2. The Labute approximate surface area is 189 Å². The van der Waals surface area contributed by atoms with E-state index in [-0.39, 0.29) is 21.9 Å². The minimum absolute atomic E-state index is 0.101. The maximum Gasteiger partial charge on any atom is 0.297 e. The van der Waals surface area contributed by atoms with E-state index in [9.17, 15) is 18.4 Å². The number of fused-ring (bicyclic) bond motifs is 3. The molecule has 0 N–H and O–H groups in total. The van der Waals surface area contributed by atoms with Crippen molar-refractivity contribution in [2.45, 2.75) is 13.0 Å². The fourth-order valence-electron chi connectivity index (χ4n) is 4.27. The zero-order chi connectivity index (χ0) is 22.9. The summed E-state index contributed by atoms with van der Waals surface area (Å²) in [6.45, 7) is 1.86. The van der Waals surface area contributed by atoms with Gasteiger partial charge in [-0.2, -0.15) is 0 Å². The molecule has 0 saturated carbocycles. The summed E-state index contributed by atoms with van der Waals surface area (Å²) in [6.07, 6.45) is 0. The van der Waals surface area contributed by atoms with Gasteiger partial charge in [0.15, 0.2) is 10.6 Å². The number of carbonyl (C=O) groups excluding carboxylic acids is 1. The molecule has 0 radical (unpaired) electrons. The van der Waals surface area contributed by atoms with Crippen molar-refractivity contribution in [1.82, 2.24) is 4.98 Å². The number of aromatic nitrogens is 1. The van der Waals surface area contributed by atoms with E-state index >= 15 is 0 Å². The van der Waals surface area contributed by atoms with E-state index in [0.717, 1.165) is 16.9 Å². The average Bonchev–Trinajstić information content (AvgIpc) is 3.32. The van der Waals surface area contributed by atoms with Crippen molar-refractivity contribution in [3.05, 3.63) is 105 Å². The van der Waals surface area contributed by atoms with Crippen molar-refractivity contribution < 1.29 is 18.0 Å². The molecule has 1 aliphatic rings. The fourth-order valence-corrected chi connectivity index (χ4v) is 5.28. The predicted octanol–water partition coefficient (Wildman–Crippen LogP) is 5.74. The van der Waals surface area contributed by atoms with Crippen LogP contribution in [0.3, 0.4) is 0 Å². The number of nitrogens with zero attached hydrogens (tertiary/aromatic N) is 2. The van der Waals surface area contributed by atoms with E-state index in [2.05, 4.69) is 4.98 Å². The Balaban J connectivity index is 1.65. The SMILES string of the molecule is Cc1ccc2oc3c(c(=O)c2c1)C(c1cccc(F)c1)N(c1nc2ccc(F)cc2s1)C3=O. The fraction of sp³-hybridized carbons (Fsp3) is 0.0800. The molecule has 0 bridgehead atoms. The second-order valence-corrected chi connectivity index (χ2v) is 8.92. The van der Waals surface area contributed by atoms with Crippen LogP contribution in [-0.4, -0.2) is 10.9 Å². The molecule has 1 atom stereocenters. The van der Waals surface area contributed by atoms with Gasteiger partial charge in [-0.1, -0.05) is 35.1 Å². The molecule has 2 aromatic heterocycles. The summed E-state index contributed by atoms with van der Waals surface area (Å²) in [5, 5.41) is 0.608. The van der Waals surface area contributed by atoms with Crippen LogP contribution in [0.5, 0.6) is 0 Å². The first-order chi connectivity index (χ1) is 15.9. The molecule has 1 aliphatic heterocycles. The minimum atomic E-state index is -0.935. The third kappa shape index (κ3) is 2.98. The lowest BCUT2D eigenvalue weighted by atomic mass is 9.98. The van der Waals surface area contributed by atoms with Crippen LogP contribution >= 0.6 is 11.3 Å². The molecule has 0 saturated heterocycles. The maximum absolute atomic E-state index is 14.2. The molecule has 0 fully saturated rings. The lowest BCUT2D eigenvalue weighted by Gasteiger charge is -2.22. The van der Waals surface area contributed by atoms with E-state index in [1.54, 1.807) is 24.3 Å². The van der Waals surface area contributed by atoms with E-state index < -0.39 is 23.6 Å². The van der Waals surface area contributed by atoms with Crippen LogP contribution < -0.4 is 10.3 Å². The van der Waals surface area contributed by atoms with Crippen LogP contribution in [0.15, 0.2) is 69.9 Å². The Hall–Kier alpha value is -3.91. The molecule has 1 unspecified atom stereocenters. The monoisotopic (exact) mass is 460 g/mol. The van der Waals surface area contributed by atoms with Crippen LogP contribution in [0.4, 0.5) is 13.9 Å². The van der Waals surface area contributed by atoms with E-state index in [0.29, 0.717) is 26.7 Å². The van der Waals surface area contributed by atoms with Gasteiger partial charge in [0.25, 0.3) is 5.91 Å². The minimum Gasteiger partial charge on any atom is -0.450 e. The van der Waals surface area contributed by atoms with E-state index in [1.807, 2.05) is 6.92 Å². The first-order valence-electron chi connectivity index (χ1n) is 10.1. The Bertz CT molecular complexity index is 1670. The average molecular weight is 460 g/mol. The zero-order valence-electron chi connectivity index (χ0n) is 17.1. The lowest BCUT2D eigenvalue weighted by molar-refractivity contribution is 0.0971. The highest BCUT2D eigenvalue weighted by Gasteiger charge is 2.45. The van der Waals surface area contributed by atoms with Crippen molar-refractivity contribution in [1.29, 1.82) is 0 Å². The van der Waals surface area contributed by atoms with Crippen LogP contribution in [0, 0.1) is 18.6 Å². The van der Waals surface area contributed by atoms with Gasteiger partial charge in [-0.05, 0) is 55.0 Å². The van der Waals surface area contributed by atoms with Crippen molar-refractivity contribution in [3.8, 4) is 0 Å². The highest BCUT2D eigenvalue weighted by molar-refractivity contribution is 7.22. The summed E-state index contributed by atoms with van der Waals surface area (Å²) in [6, 6.07) is 14.1. The molecule has 162 valence electrons. The van der Waals surface area contributed by atoms with Gasteiger partial charge in [-0.25, -0.2) is 13.8 Å². The first-order valence-corrected chi connectivity index (χ1v) is 10.9. The highest BCUT2D eigenvalue weighted by Crippen LogP contribution is 2.43. The van der Waals surface area contributed by atoms with Crippen LogP contribution in [0.2, 0.25) is 0 Å². The topological polar surface area (TPSA) is 63.4 Å². The molecule has 6 rings (SSSR count). The molecular formula is C25H14F2N2O3S. The lowest BCUT2D eigenvalue weighted by Crippen LogP contribution is -2.29. The number of carbonyl (C=O) groups is 1. The highest BCUT2D eigenvalue weighted by atomic mass is 32.1. The molecule has 0 aliphatic carbocycles. The summed E-state index contributed by atoms with van der Waals surface area (Å²) < 4.78 is 34.4. The van der Waals surface area contributed by atoms with Crippen molar-refractivity contribution in [2.75, 3.05) is 4.90 Å². The third-order valence-corrected chi connectivity index (χ3v) is 6.75. The zero-order valence-corrected chi connectivity index (χ0v) is 18.0. The second kappa shape index (κ2) is 7.05. The largest absolute Gasteiger partial charge is 0.450 e. The number of amides is 1. The number of rotatable bonds is 2. The molecule has 3 heterocycles. The van der Waals surface area contributed by atoms with Gasteiger partial charge in [-0.15, -0.1) is 0 Å². The van der Waals surface area contributed by atoms with Gasteiger partial charge in [0.2, 0.25) is 5.76 Å². The Morgan fingerprint density at radius 1 is 1.00 bits per heavy atom. The van der Waals surface area contributed by atoms with Gasteiger partial charge in [-0.3, -0.25) is 14.5 Å². The molecule has 5 nitrogen and oxygen atoms in total. The molecule has 3 aromatic carbocycles. The normalized spacial score (nSPS) is 15.5.